The minimum Gasteiger partial charge on any atom is -0.299 e. The zero-order valence-corrected chi connectivity index (χ0v) is 8.97. The van der Waals surface area contributed by atoms with E-state index in [0.29, 0.717) is 18.1 Å². The Morgan fingerprint density at radius 1 is 1.54 bits per heavy atom. The molecule has 0 saturated heterocycles. The summed E-state index contributed by atoms with van der Waals surface area (Å²) in [6.07, 6.45) is 8.72. The number of hydrogen-bond donors (Lipinski definition) is 0. The first-order valence-electron chi connectivity index (χ1n) is 5.29. The molecule has 0 amide bonds. The van der Waals surface area contributed by atoms with E-state index in [1.54, 1.807) is 0 Å². The van der Waals surface area contributed by atoms with Crippen molar-refractivity contribution in [2.24, 2.45) is 11.3 Å². The van der Waals surface area contributed by atoms with Crippen molar-refractivity contribution in [3.05, 3.63) is 12.2 Å². The molecular weight excluding hydrogens is 160 g/mol. The molecule has 0 unspecified atom stereocenters. The molecule has 0 spiro atoms. The second-order valence-corrected chi connectivity index (χ2v) is 4.46. The van der Waals surface area contributed by atoms with Crippen molar-refractivity contribution in [2.75, 3.05) is 0 Å². The van der Waals surface area contributed by atoms with Gasteiger partial charge in [0.15, 0.2) is 0 Å². The highest BCUT2D eigenvalue weighted by Gasteiger charge is 2.33. The number of hydrogen-bond acceptors (Lipinski definition) is 1. The summed E-state index contributed by atoms with van der Waals surface area (Å²) in [5.41, 5.74) is -0.147. The van der Waals surface area contributed by atoms with Crippen LogP contribution in [0.1, 0.15) is 46.5 Å². The second kappa shape index (κ2) is 4.08. The number of rotatable bonds is 3. The van der Waals surface area contributed by atoms with E-state index in [1.807, 2.05) is 6.92 Å². The molecule has 1 aliphatic carbocycles. The van der Waals surface area contributed by atoms with Crippen molar-refractivity contribution in [3.63, 3.8) is 0 Å². The quantitative estimate of drug-likeness (QED) is 0.609. The number of Topliss-reactive ketones (excluding diaryl/α,β-unsaturated/α-hetero) is 1. The lowest BCUT2D eigenvalue weighted by molar-refractivity contribution is -0.128. The van der Waals surface area contributed by atoms with Crippen molar-refractivity contribution in [2.45, 2.75) is 46.5 Å². The van der Waals surface area contributed by atoms with Crippen LogP contribution in [0.3, 0.4) is 0 Å². The van der Waals surface area contributed by atoms with Gasteiger partial charge in [-0.1, -0.05) is 32.9 Å². The lowest BCUT2D eigenvalue weighted by atomic mass is 9.71. The standard InChI is InChI=1S/C12H20O/c1-4-11(13)12(2,3)10-8-6-5-7-9-10/h6,8,10H,4-5,7,9H2,1-3H3/t10-/m0/s1. The summed E-state index contributed by atoms with van der Waals surface area (Å²) >= 11 is 0. The normalized spacial score (nSPS) is 23.2. The second-order valence-electron chi connectivity index (χ2n) is 4.46. The summed E-state index contributed by atoms with van der Waals surface area (Å²) < 4.78 is 0. The van der Waals surface area contributed by atoms with Crippen LogP contribution < -0.4 is 0 Å². The molecule has 0 bridgehead atoms. The zero-order valence-electron chi connectivity index (χ0n) is 8.97. The van der Waals surface area contributed by atoms with Crippen molar-refractivity contribution >= 4 is 5.78 Å². The molecule has 1 rings (SSSR count). The van der Waals surface area contributed by atoms with Gasteiger partial charge in [0.1, 0.15) is 5.78 Å². The van der Waals surface area contributed by atoms with E-state index in [1.165, 1.54) is 19.3 Å². The summed E-state index contributed by atoms with van der Waals surface area (Å²) in [7, 11) is 0. The highest BCUT2D eigenvalue weighted by atomic mass is 16.1. The molecule has 1 atom stereocenters. The van der Waals surface area contributed by atoms with Crippen LogP contribution in [-0.4, -0.2) is 5.78 Å². The van der Waals surface area contributed by atoms with Crippen LogP contribution >= 0.6 is 0 Å². The van der Waals surface area contributed by atoms with Gasteiger partial charge in [-0.15, -0.1) is 0 Å². The molecule has 1 nitrogen and oxygen atoms in total. The van der Waals surface area contributed by atoms with Gasteiger partial charge in [0.2, 0.25) is 0 Å². The molecule has 0 N–H and O–H groups in total. The monoisotopic (exact) mass is 180 g/mol. The molecular formula is C12H20O. The molecule has 0 aliphatic heterocycles. The lowest BCUT2D eigenvalue weighted by Crippen LogP contribution is -2.32. The molecule has 1 aliphatic rings. The van der Waals surface area contributed by atoms with Gasteiger partial charge >= 0.3 is 0 Å². The predicted octanol–water partition coefficient (Wildman–Crippen LogP) is 3.35. The maximum atomic E-state index is 11.7. The van der Waals surface area contributed by atoms with Crippen LogP contribution in [0, 0.1) is 11.3 Å². The summed E-state index contributed by atoms with van der Waals surface area (Å²) in [4.78, 5) is 11.7. The Hall–Kier alpha value is -0.590. The average molecular weight is 180 g/mol. The first kappa shape index (κ1) is 10.5. The Kier molecular flexibility index (Phi) is 3.29. The Balaban J connectivity index is 2.72. The highest BCUT2D eigenvalue weighted by Crippen LogP contribution is 2.36. The van der Waals surface area contributed by atoms with E-state index in [2.05, 4.69) is 26.0 Å². The molecule has 0 aromatic carbocycles. The number of allylic oxidation sites excluding steroid dienone is 2. The van der Waals surface area contributed by atoms with Gasteiger partial charge in [0, 0.05) is 11.8 Å². The Morgan fingerprint density at radius 2 is 2.23 bits per heavy atom. The van der Waals surface area contributed by atoms with Crippen LogP contribution in [0.25, 0.3) is 0 Å². The summed E-state index contributed by atoms with van der Waals surface area (Å²) in [6, 6.07) is 0. The van der Waals surface area contributed by atoms with Gasteiger partial charge in [-0.2, -0.15) is 0 Å². The third-order valence-electron chi connectivity index (χ3n) is 3.22. The van der Waals surface area contributed by atoms with Crippen LogP contribution in [0.2, 0.25) is 0 Å². The fourth-order valence-corrected chi connectivity index (χ4v) is 2.08. The Labute approximate surface area is 81.2 Å². The van der Waals surface area contributed by atoms with Crippen LogP contribution in [0.4, 0.5) is 0 Å². The smallest absolute Gasteiger partial charge is 0.138 e. The number of carbonyl (C=O) groups is 1. The molecule has 0 saturated carbocycles. The van der Waals surface area contributed by atoms with Crippen LogP contribution in [0.5, 0.6) is 0 Å². The van der Waals surface area contributed by atoms with E-state index >= 15 is 0 Å². The van der Waals surface area contributed by atoms with Crippen LogP contribution in [-0.2, 0) is 4.79 Å². The van der Waals surface area contributed by atoms with Gasteiger partial charge in [-0.25, -0.2) is 0 Å². The first-order valence-corrected chi connectivity index (χ1v) is 5.29. The van der Waals surface area contributed by atoms with Crippen molar-refractivity contribution in [1.82, 2.24) is 0 Å². The molecule has 74 valence electrons. The molecule has 0 radical (unpaired) electrons. The minimum absolute atomic E-state index is 0.147. The number of ketones is 1. The maximum absolute atomic E-state index is 11.7. The Bertz CT molecular complexity index is 213. The van der Waals surface area contributed by atoms with Crippen LogP contribution in [0.15, 0.2) is 12.2 Å². The fraction of sp³-hybridized carbons (Fsp3) is 0.750. The highest BCUT2D eigenvalue weighted by molar-refractivity contribution is 5.84. The lowest BCUT2D eigenvalue weighted by Gasteiger charge is -2.32. The molecule has 0 fully saturated rings. The molecule has 0 heterocycles. The van der Waals surface area contributed by atoms with E-state index in [-0.39, 0.29) is 5.41 Å². The maximum Gasteiger partial charge on any atom is 0.138 e. The van der Waals surface area contributed by atoms with Gasteiger partial charge in [-0.3, -0.25) is 4.79 Å². The van der Waals surface area contributed by atoms with Gasteiger partial charge in [0.05, 0.1) is 0 Å². The van der Waals surface area contributed by atoms with E-state index < -0.39 is 0 Å². The fourth-order valence-electron chi connectivity index (χ4n) is 2.08. The summed E-state index contributed by atoms with van der Waals surface area (Å²) in [6.45, 7) is 6.12. The van der Waals surface area contributed by atoms with E-state index in [9.17, 15) is 4.79 Å². The van der Waals surface area contributed by atoms with E-state index in [4.69, 9.17) is 0 Å². The number of carbonyl (C=O) groups excluding carboxylic acids is 1. The molecule has 1 heteroatoms. The van der Waals surface area contributed by atoms with E-state index in [0.717, 1.165) is 0 Å². The van der Waals surface area contributed by atoms with Gasteiger partial charge in [-0.05, 0) is 25.2 Å². The minimum atomic E-state index is -0.147. The molecule has 0 aromatic heterocycles. The SMILES string of the molecule is CCC(=O)C(C)(C)[C@H]1C=CCCC1. The Morgan fingerprint density at radius 3 is 2.69 bits per heavy atom. The molecule has 0 aromatic rings. The summed E-state index contributed by atoms with van der Waals surface area (Å²) in [5.74, 6) is 0.859. The first-order chi connectivity index (χ1) is 6.09. The zero-order chi connectivity index (χ0) is 9.90. The van der Waals surface area contributed by atoms with Crippen molar-refractivity contribution in [1.29, 1.82) is 0 Å². The van der Waals surface area contributed by atoms with Gasteiger partial charge in [0.25, 0.3) is 0 Å². The van der Waals surface area contributed by atoms with Gasteiger partial charge < -0.3 is 0 Å². The van der Waals surface area contributed by atoms with Crippen molar-refractivity contribution < 1.29 is 4.79 Å². The topological polar surface area (TPSA) is 17.1 Å². The predicted molar refractivity (Wildman–Crippen MR) is 55.6 cm³/mol. The summed E-state index contributed by atoms with van der Waals surface area (Å²) in [5, 5.41) is 0. The molecule has 13 heavy (non-hydrogen) atoms. The third-order valence-corrected chi connectivity index (χ3v) is 3.22. The largest absolute Gasteiger partial charge is 0.299 e. The average Bonchev–Trinajstić information content (AvgIpc) is 2.18. The third kappa shape index (κ3) is 2.20. The van der Waals surface area contributed by atoms with Crippen molar-refractivity contribution in [3.8, 4) is 0 Å².